The molecule has 10 heteroatoms. The number of amides is 2. The third-order valence-corrected chi connectivity index (χ3v) is 4.08. The van der Waals surface area contributed by atoms with Crippen molar-refractivity contribution in [3.8, 4) is 0 Å². The van der Waals surface area contributed by atoms with E-state index in [1.165, 1.54) is 30.3 Å². The zero-order chi connectivity index (χ0) is 18.7. The van der Waals surface area contributed by atoms with Crippen LogP contribution in [0.5, 0.6) is 0 Å². The zero-order valence-electron chi connectivity index (χ0n) is 12.2. The van der Waals surface area contributed by atoms with Crippen LogP contribution >= 0.6 is 23.4 Å². The first-order valence-corrected chi connectivity index (χ1v) is 7.84. The molecule has 0 aliphatic heterocycles. The molecule has 0 bridgehead atoms. The first-order valence-electron chi connectivity index (χ1n) is 6.64. The molecular weight excluding hydrogens is 387 g/mol. The summed E-state index contributed by atoms with van der Waals surface area (Å²) in [6.45, 7) is 0. The summed E-state index contributed by atoms with van der Waals surface area (Å²) < 4.78 is 63.5. The van der Waals surface area contributed by atoms with Gasteiger partial charge in [-0.25, -0.2) is 4.79 Å². The van der Waals surface area contributed by atoms with Crippen molar-refractivity contribution < 1.29 is 26.7 Å². The van der Waals surface area contributed by atoms with Crippen molar-refractivity contribution in [2.24, 2.45) is 0 Å². The summed E-state index contributed by atoms with van der Waals surface area (Å²) in [5, 5.41) is 0.00385. The zero-order valence-corrected chi connectivity index (χ0v) is 13.8. The maximum Gasteiger partial charge on any atom is 0.464 e. The van der Waals surface area contributed by atoms with Crippen LogP contribution in [0.3, 0.4) is 0 Å². The molecule has 0 atom stereocenters. The van der Waals surface area contributed by atoms with E-state index >= 15 is 0 Å². The van der Waals surface area contributed by atoms with E-state index in [4.69, 9.17) is 11.6 Å². The molecule has 25 heavy (non-hydrogen) atoms. The first-order chi connectivity index (χ1) is 11.6. The lowest BCUT2D eigenvalue weighted by molar-refractivity contribution is -0.237. The van der Waals surface area contributed by atoms with Gasteiger partial charge in [0.2, 0.25) is 0 Å². The number of halogens is 6. The maximum atomic E-state index is 13.2. The largest absolute Gasteiger partial charge is 0.464 e. The van der Waals surface area contributed by atoms with Gasteiger partial charge in [-0.15, -0.1) is 0 Å². The molecular formula is C15H10ClF5N2OS. The van der Waals surface area contributed by atoms with Gasteiger partial charge in [-0.1, -0.05) is 29.8 Å². The Kier molecular flexibility index (Phi) is 5.79. The fraction of sp³-hybridized carbons (Fsp3) is 0.133. The second-order valence-corrected chi connectivity index (χ2v) is 6.30. The number of rotatable bonds is 4. The molecule has 3 nitrogen and oxygen atoms in total. The van der Waals surface area contributed by atoms with Crippen molar-refractivity contribution in [1.82, 2.24) is 0 Å². The Labute approximate surface area is 148 Å². The van der Waals surface area contributed by atoms with Crippen LogP contribution in [0, 0.1) is 0 Å². The second kappa shape index (κ2) is 7.49. The van der Waals surface area contributed by atoms with Gasteiger partial charge in [0.15, 0.2) is 0 Å². The molecule has 2 rings (SSSR count). The quantitative estimate of drug-likeness (QED) is 0.475. The summed E-state index contributed by atoms with van der Waals surface area (Å²) in [5.74, 6) is 0. The third kappa shape index (κ3) is 5.23. The average molecular weight is 397 g/mol. The highest BCUT2D eigenvalue weighted by Gasteiger charge is 2.58. The minimum Gasteiger partial charge on any atom is -0.308 e. The predicted molar refractivity (Wildman–Crippen MR) is 87.4 cm³/mol. The Morgan fingerprint density at radius 1 is 0.960 bits per heavy atom. The topological polar surface area (TPSA) is 41.1 Å². The Hall–Kier alpha value is -2.00. The van der Waals surface area contributed by atoms with Gasteiger partial charge in [0.25, 0.3) is 0 Å². The van der Waals surface area contributed by atoms with Crippen LogP contribution in [0.1, 0.15) is 0 Å². The number of thioether (sulfide) groups is 1. The summed E-state index contributed by atoms with van der Waals surface area (Å²) in [6.07, 6.45) is -5.71. The van der Waals surface area contributed by atoms with Gasteiger partial charge in [0.05, 0.1) is 5.69 Å². The minimum atomic E-state index is -5.71. The molecule has 0 saturated carbocycles. The van der Waals surface area contributed by atoms with E-state index in [-0.39, 0.29) is 5.69 Å². The summed E-state index contributed by atoms with van der Waals surface area (Å²) in [4.78, 5) is 11.5. The molecule has 0 radical (unpaired) electrons. The van der Waals surface area contributed by atoms with E-state index in [9.17, 15) is 26.7 Å². The lowest BCUT2D eigenvalue weighted by atomic mass is 10.3. The van der Waals surface area contributed by atoms with E-state index in [1.54, 1.807) is 12.1 Å². The molecule has 2 aromatic carbocycles. The molecule has 0 saturated heterocycles. The van der Waals surface area contributed by atoms with Crippen LogP contribution in [0.4, 0.5) is 38.1 Å². The molecule has 134 valence electrons. The van der Waals surface area contributed by atoms with Gasteiger partial charge in [0.1, 0.15) is 0 Å². The number of para-hydroxylation sites is 1. The molecule has 0 aliphatic carbocycles. The van der Waals surface area contributed by atoms with Crippen LogP contribution in [0.15, 0.2) is 53.4 Å². The molecule has 0 aliphatic rings. The van der Waals surface area contributed by atoms with E-state index < -0.39 is 34.1 Å². The summed E-state index contributed by atoms with van der Waals surface area (Å²) >= 11 is 5.07. The normalized spacial score (nSPS) is 11.9. The lowest BCUT2D eigenvalue weighted by Gasteiger charge is -2.20. The Balaban J connectivity index is 2.14. The first kappa shape index (κ1) is 19.3. The number of anilines is 2. The molecule has 0 unspecified atom stereocenters. The molecule has 0 fully saturated rings. The van der Waals surface area contributed by atoms with Crippen LogP contribution in [0.25, 0.3) is 0 Å². The number of urea groups is 1. The van der Waals surface area contributed by atoms with Gasteiger partial charge in [-0.05, 0) is 42.1 Å². The van der Waals surface area contributed by atoms with Gasteiger partial charge in [-0.2, -0.15) is 22.0 Å². The van der Waals surface area contributed by atoms with Crippen LogP contribution in [0.2, 0.25) is 5.02 Å². The molecule has 0 spiro atoms. The van der Waals surface area contributed by atoms with E-state index in [0.717, 1.165) is 6.07 Å². The molecule has 2 N–H and O–H groups in total. The Bertz CT molecular complexity index is 770. The summed E-state index contributed by atoms with van der Waals surface area (Å²) in [6, 6.07) is 10.3. The number of carbonyl (C=O) groups is 1. The number of benzene rings is 2. The molecule has 0 aromatic heterocycles. The smallest absolute Gasteiger partial charge is 0.308 e. The number of hydrogen-bond acceptors (Lipinski definition) is 2. The number of carbonyl (C=O) groups excluding carboxylic acids is 1. The SMILES string of the molecule is O=C(Nc1cccc(Cl)c1)Nc1ccccc1SC(F)(F)C(F)(F)F. The number of nitrogens with one attached hydrogen (secondary N) is 2. The highest BCUT2D eigenvalue weighted by atomic mass is 35.5. The number of hydrogen-bond donors (Lipinski definition) is 2. The third-order valence-electron chi connectivity index (χ3n) is 2.79. The monoisotopic (exact) mass is 396 g/mol. The van der Waals surface area contributed by atoms with Crippen molar-refractivity contribution in [3.63, 3.8) is 0 Å². The fourth-order valence-electron chi connectivity index (χ4n) is 1.71. The minimum absolute atomic E-state index is 0.184. The molecule has 2 aromatic rings. The lowest BCUT2D eigenvalue weighted by Crippen LogP contribution is -2.32. The fourth-order valence-corrected chi connectivity index (χ4v) is 2.66. The van der Waals surface area contributed by atoms with Crippen LogP contribution in [-0.2, 0) is 0 Å². The van der Waals surface area contributed by atoms with Gasteiger partial charge < -0.3 is 10.6 Å². The van der Waals surface area contributed by atoms with Crippen molar-refractivity contribution in [3.05, 3.63) is 53.6 Å². The van der Waals surface area contributed by atoms with Crippen molar-refractivity contribution in [2.75, 3.05) is 10.6 Å². The van der Waals surface area contributed by atoms with E-state index in [1.807, 2.05) is 0 Å². The van der Waals surface area contributed by atoms with Crippen LogP contribution in [-0.4, -0.2) is 17.5 Å². The standard InChI is InChI=1S/C15H10ClF5N2OS/c16-9-4-3-5-10(8-9)22-13(24)23-11-6-1-2-7-12(11)25-15(20,21)14(17,18)19/h1-8H,(H2,22,23,24). The van der Waals surface area contributed by atoms with E-state index in [0.29, 0.717) is 10.7 Å². The Morgan fingerprint density at radius 3 is 2.28 bits per heavy atom. The van der Waals surface area contributed by atoms with E-state index in [2.05, 4.69) is 10.6 Å². The second-order valence-electron chi connectivity index (χ2n) is 4.70. The van der Waals surface area contributed by atoms with Gasteiger partial charge in [0, 0.05) is 15.6 Å². The summed E-state index contributed by atoms with van der Waals surface area (Å²) in [7, 11) is 0. The van der Waals surface area contributed by atoms with Crippen molar-refractivity contribution in [1.29, 1.82) is 0 Å². The summed E-state index contributed by atoms with van der Waals surface area (Å²) in [5.41, 5.74) is 0.145. The maximum absolute atomic E-state index is 13.2. The Morgan fingerprint density at radius 2 is 1.64 bits per heavy atom. The van der Waals surface area contributed by atoms with Gasteiger partial charge in [-0.3, -0.25) is 0 Å². The van der Waals surface area contributed by atoms with Crippen molar-refractivity contribution >= 4 is 40.8 Å². The highest BCUT2D eigenvalue weighted by Crippen LogP contribution is 2.49. The average Bonchev–Trinajstić information content (AvgIpc) is 2.47. The predicted octanol–water partition coefficient (Wildman–Crippen LogP) is 6.23. The van der Waals surface area contributed by atoms with Crippen LogP contribution < -0.4 is 10.6 Å². The van der Waals surface area contributed by atoms with Gasteiger partial charge >= 0.3 is 17.5 Å². The number of alkyl halides is 5. The highest BCUT2D eigenvalue weighted by molar-refractivity contribution is 8.00. The molecule has 2 amide bonds. The molecule has 0 heterocycles. The van der Waals surface area contributed by atoms with Crippen molar-refractivity contribution in [2.45, 2.75) is 16.3 Å².